The van der Waals surface area contributed by atoms with Crippen LogP contribution in [-0.2, 0) is 11.2 Å². The number of benzene rings is 2. The van der Waals surface area contributed by atoms with Crippen molar-refractivity contribution in [3.8, 4) is 11.4 Å². The van der Waals surface area contributed by atoms with E-state index in [-0.39, 0.29) is 12.3 Å². The fraction of sp³-hybridized carbons (Fsp3) is 0.391. The predicted molar refractivity (Wildman–Crippen MR) is 115 cm³/mol. The number of likely N-dealkylation sites (tertiary alicyclic amines) is 1. The Morgan fingerprint density at radius 1 is 1.16 bits per heavy atom. The van der Waals surface area contributed by atoms with Crippen molar-refractivity contribution in [3.63, 3.8) is 0 Å². The van der Waals surface area contributed by atoms with E-state index in [2.05, 4.69) is 30.8 Å². The SMILES string of the molecule is CC(C)(C(NC(=O)Cc1cccc(-c2nn[nH]n2)c1)c1ccc(F)c(F)c1)N1CCCC1. The monoisotopic (exact) mass is 440 g/mol. The molecule has 168 valence electrons. The number of carbonyl (C=O) groups is 1. The summed E-state index contributed by atoms with van der Waals surface area (Å²) in [6.45, 7) is 5.86. The molecule has 32 heavy (non-hydrogen) atoms. The highest BCUT2D eigenvalue weighted by Gasteiger charge is 2.39. The van der Waals surface area contributed by atoms with Gasteiger partial charge in [-0.2, -0.15) is 5.21 Å². The number of carbonyl (C=O) groups excluding carboxylic acids is 1. The summed E-state index contributed by atoms with van der Waals surface area (Å²) in [7, 11) is 0. The third-order valence-electron chi connectivity index (χ3n) is 6.11. The first-order valence-corrected chi connectivity index (χ1v) is 10.7. The topological polar surface area (TPSA) is 86.8 Å². The zero-order valence-electron chi connectivity index (χ0n) is 18.1. The Kier molecular flexibility index (Phi) is 6.27. The van der Waals surface area contributed by atoms with Gasteiger partial charge in [-0.05, 0) is 74.3 Å². The van der Waals surface area contributed by atoms with Gasteiger partial charge in [0.2, 0.25) is 11.7 Å². The van der Waals surface area contributed by atoms with Gasteiger partial charge in [-0.15, -0.1) is 10.2 Å². The van der Waals surface area contributed by atoms with Crippen molar-refractivity contribution < 1.29 is 13.6 Å². The number of rotatable bonds is 7. The van der Waals surface area contributed by atoms with Crippen molar-refractivity contribution in [1.29, 1.82) is 0 Å². The Bertz CT molecular complexity index is 1080. The van der Waals surface area contributed by atoms with E-state index in [0.717, 1.165) is 43.1 Å². The Morgan fingerprint density at radius 2 is 1.94 bits per heavy atom. The molecular formula is C23H26F2N6O. The van der Waals surface area contributed by atoms with Crippen molar-refractivity contribution in [3.05, 3.63) is 65.2 Å². The van der Waals surface area contributed by atoms with Gasteiger partial charge in [-0.3, -0.25) is 9.69 Å². The molecule has 7 nitrogen and oxygen atoms in total. The summed E-state index contributed by atoms with van der Waals surface area (Å²) in [4.78, 5) is 15.3. The Morgan fingerprint density at radius 3 is 2.62 bits per heavy atom. The van der Waals surface area contributed by atoms with Gasteiger partial charge in [0, 0.05) is 11.1 Å². The predicted octanol–water partition coefficient (Wildman–Crippen LogP) is 3.42. The molecule has 1 aromatic heterocycles. The fourth-order valence-electron chi connectivity index (χ4n) is 4.34. The minimum Gasteiger partial charge on any atom is -0.347 e. The minimum absolute atomic E-state index is 0.127. The highest BCUT2D eigenvalue weighted by molar-refractivity contribution is 5.79. The molecule has 1 atom stereocenters. The van der Waals surface area contributed by atoms with E-state index < -0.39 is 23.2 Å². The summed E-state index contributed by atoms with van der Waals surface area (Å²) in [6.07, 6.45) is 2.28. The van der Waals surface area contributed by atoms with E-state index in [1.54, 1.807) is 0 Å². The van der Waals surface area contributed by atoms with Crippen LogP contribution in [0.4, 0.5) is 8.78 Å². The van der Waals surface area contributed by atoms with Gasteiger partial charge in [0.1, 0.15) is 0 Å². The van der Waals surface area contributed by atoms with Crippen LogP contribution < -0.4 is 5.32 Å². The third kappa shape index (κ3) is 4.67. The molecule has 0 radical (unpaired) electrons. The third-order valence-corrected chi connectivity index (χ3v) is 6.11. The van der Waals surface area contributed by atoms with Crippen LogP contribution in [0.2, 0.25) is 0 Å². The maximum Gasteiger partial charge on any atom is 0.224 e. The Hall–Kier alpha value is -3.20. The fourth-order valence-corrected chi connectivity index (χ4v) is 4.34. The van der Waals surface area contributed by atoms with Crippen LogP contribution >= 0.6 is 0 Å². The zero-order chi connectivity index (χ0) is 22.7. The van der Waals surface area contributed by atoms with Gasteiger partial charge in [-0.25, -0.2) is 8.78 Å². The molecule has 2 aromatic carbocycles. The van der Waals surface area contributed by atoms with Crippen LogP contribution in [0.1, 0.15) is 43.9 Å². The zero-order valence-corrected chi connectivity index (χ0v) is 18.1. The highest BCUT2D eigenvalue weighted by atomic mass is 19.2. The number of aromatic nitrogens is 4. The van der Waals surface area contributed by atoms with Crippen molar-refractivity contribution in [2.75, 3.05) is 13.1 Å². The lowest BCUT2D eigenvalue weighted by molar-refractivity contribution is -0.122. The number of halogens is 2. The number of hydrogen-bond donors (Lipinski definition) is 2. The van der Waals surface area contributed by atoms with Crippen LogP contribution in [0.3, 0.4) is 0 Å². The molecule has 1 amide bonds. The quantitative estimate of drug-likeness (QED) is 0.588. The van der Waals surface area contributed by atoms with E-state index in [9.17, 15) is 13.6 Å². The van der Waals surface area contributed by atoms with E-state index in [4.69, 9.17) is 0 Å². The smallest absolute Gasteiger partial charge is 0.224 e. The van der Waals surface area contributed by atoms with Crippen LogP contribution in [0.5, 0.6) is 0 Å². The molecule has 0 saturated carbocycles. The van der Waals surface area contributed by atoms with Crippen molar-refractivity contribution >= 4 is 5.91 Å². The average molecular weight is 440 g/mol. The van der Waals surface area contributed by atoms with Crippen LogP contribution in [0, 0.1) is 11.6 Å². The van der Waals surface area contributed by atoms with Gasteiger partial charge >= 0.3 is 0 Å². The molecule has 4 rings (SSSR count). The first-order chi connectivity index (χ1) is 15.3. The van der Waals surface area contributed by atoms with Crippen LogP contribution in [0.25, 0.3) is 11.4 Å². The minimum atomic E-state index is -0.924. The number of hydrogen-bond acceptors (Lipinski definition) is 5. The molecule has 1 aliphatic heterocycles. The lowest BCUT2D eigenvalue weighted by atomic mass is 9.86. The second-order valence-corrected chi connectivity index (χ2v) is 8.63. The Labute approximate surface area is 185 Å². The molecule has 1 fully saturated rings. The van der Waals surface area contributed by atoms with E-state index in [1.807, 2.05) is 38.1 Å². The van der Waals surface area contributed by atoms with E-state index in [0.29, 0.717) is 11.4 Å². The number of nitrogens with one attached hydrogen (secondary N) is 2. The van der Waals surface area contributed by atoms with Crippen LogP contribution in [-0.4, -0.2) is 50.1 Å². The standard InChI is InChI=1S/C23H26F2N6O/c1-23(2,31-10-3-4-11-31)21(16-8-9-18(24)19(25)14-16)26-20(32)13-15-6-5-7-17(12-15)22-27-29-30-28-22/h5-9,12,14,21H,3-4,10-11,13H2,1-2H3,(H,26,32)(H,27,28,29,30). The lowest BCUT2D eigenvalue weighted by Gasteiger charge is -2.42. The summed E-state index contributed by atoms with van der Waals surface area (Å²) < 4.78 is 27.6. The average Bonchev–Trinajstić information content (AvgIpc) is 3.49. The van der Waals surface area contributed by atoms with Gasteiger partial charge in [-0.1, -0.05) is 24.3 Å². The second-order valence-electron chi connectivity index (χ2n) is 8.63. The van der Waals surface area contributed by atoms with Gasteiger partial charge in [0.05, 0.1) is 12.5 Å². The number of nitrogens with zero attached hydrogens (tertiary/aromatic N) is 4. The van der Waals surface area contributed by atoms with E-state index in [1.165, 1.54) is 12.1 Å². The second kappa shape index (κ2) is 9.12. The molecule has 0 spiro atoms. The van der Waals surface area contributed by atoms with Gasteiger partial charge in [0.15, 0.2) is 11.6 Å². The molecule has 2 N–H and O–H groups in total. The molecule has 3 aromatic rings. The first-order valence-electron chi connectivity index (χ1n) is 10.7. The van der Waals surface area contributed by atoms with Crippen molar-refractivity contribution in [1.82, 2.24) is 30.8 Å². The summed E-state index contributed by atoms with van der Waals surface area (Å²) in [5.74, 6) is -1.60. The van der Waals surface area contributed by atoms with Gasteiger partial charge < -0.3 is 5.32 Å². The number of H-pyrrole nitrogens is 1. The van der Waals surface area contributed by atoms with Crippen molar-refractivity contribution in [2.45, 2.75) is 44.7 Å². The molecule has 2 heterocycles. The molecule has 1 saturated heterocycles. The van der Waals surface area contributed by atoms with Gasteiger partial charge in [0.25, 0.3) is 0 Å². The molecule has 9 heteroatoms. The normalized spacial score (nSPS) is 15.6. The molecule has 0 bridgehead atoms. The summed E-state index contributed by atoms with van der Waals surface area (Å²) in [6, 6.07) is 10.7. The molecular weight excluding hydrogens is 414 g/mol. The molecule has 1 unspecified atom stereocenters. The maximum atomic E-state index is 14.0. The molecule has 1 aliphatic rings. The van der Waals surface area contributed by atoms with Crippen molar-refractivity contribution in [2.24, 2.45) is 0 Å². The first kappa shape index (κ1) is 22.0. The lowest BCUT2D eigenvalue weighted by Crippen LogP contribution is -2.53. The summed E-state index contributed by atoms with van der Waals surface area (Å²) in [5, 5.41) is 17.0. The maximum absolute atomic E-state index is 14.0. The van der Waals surface area contributed by atoms with E-state index >= 15 is 0 Å². The highest BCUT2D eigenvalue weighted by Crippen LogP contribution is 2.34. The summed E-state index contributed by atoms with van der Waals surface area (Å²) >= 11 is 0. The number of amides is 1. The largest absolute Gasteiger partial charge is 0.347 e. The number of tetrazole rings is 1. The number of aromatic amines is 1. The van der Waals surface area contributed by atoms with Crippen LogP contribution in [0.15, 0.2) is 42.5 Å². The summed E-state index contributed by atoms with van der Waals surface area (Å²) in [5.41, 5.74) is 1.59. The molecule has 0 aliphatic carbocycles. The Balaban J connectivity index is 1.57.